The van der Waals surface area contributed by atoms with Crippen molar-refractivity contribution < 1.29 is 21.6 Å². The number of nitrogens with two attached hydrogens (primary N) is 2. The molecule has 0 aliphatic carbocycles. The number of hydrogen-bond donors (Lipinski definition) is 2. The third-order valence-electron chi connectivity index (χ3n) is 5.81. The van der Waals surface area contributed by atoms with Crippen molar-refractivity contribution in [2.24, 2.45) is 10.3 Å². The molecule has 37 heavy (non-hydrogen) atoms. The number of ether oxygens (including phenoxy) is 1. The Hall–Kier alpha value is -2.94. The van der Waals surface area contributed by atoms with Gasteiger partial charge in [-0.15, -0.1) is 0 Å². The van der Waals surface area contributed by atoms with Crippen LogP contribution in [0.15, 0.2) is 70.8 Å². The Labute approximate surface area is 217 Å². The van der Waals surface area contributed by atoms with E-state index in [1.165, 1.54) is 24.4 Å². The number of fused-ring (bicyclic) bond motifs is 1. The van der Waals surface area contributed by atoms with Crippen molar-refractivity contribution >= 4 is 39.2 Å². The summed E-state index contributed by atoms with van der Waals surface area (Å²) in [6, 6.07) is 14.1. The van der Waals surface area contributed by atoms with Gasteiger partial charge in [0.25, 0.3) is 10.0 Å². The fourth-order valence-electron chi connectivity index (χ4n) is 3.87. The standard InChI is InChI=1S/C24H29N5O5S2Si/c1-37(2,3)12-11-34-16-29-22(18-5-4-6-19(13-18)35(25,30)31)15-21-20(8-10-28-24(21)29)17-7-9-27-23(14-17)36(26,32)33/h4-10,13-15H,11-12,16H2,1-3H3,(H2,25,30,31)(H2,26,32,33). The molecule has 4 aromatic rings. The highest BCUT2D eigenvalue weighted by Gasteiger charge is 2.19. The van der Waals surface area contributed by atoms with Crippen LogP contribution in [0.3, 0.4) is 0 Å². The van der Waals surface area contributed by atoms with Gasteiger partial charge in [0.15, 0.2) is 5.03 Å². The van der Waals surface area contributed by atoms with Crippen LogP contribution in [0, 0.1) is 0 Å². The molecule has 4 N–H and O–H groups in total. The van der Waals surface area contributed by atoms with Gasteiger partial charge in [0.05, 0.1) is 10.6 Å². The van der Waals surface area contributed by atoms with Crippen molar-refractivity contribution in [1.82, 2.24) is 14.5 Å². The van der Waals surface area contributed by atoms with Crippen LogP contribution in [0.25, 0.3) is 33.4 Å². The van der Waals surface area contributed by atoms with Gasteiger partial charge in [-0.05, 0) is 59.1 Å². The van der Waals surface area contributed by atoms with E-state index in [4.69, 9.17) is 15.0 Å². The van der Waals surface area contributed by atoms with E-state index in [0.29, 0.717) is 34.6 Å². The van der Waals surface area contributed by atoms with Gasteiger partial charge in [0, 0.05) is 32.5 Å². The summed E-state index contributed by atoms with van der Waals surface area (Å²) in [5, 5.41) is 11.1. The van der Waals surface area contributed by atoms with Crippen LogP contribution in [0.1, 0.15) is 0 Å². The van der Waals surface area contributed by atoms with Gasteiger partial charge < -0.3 is 9.30 Å². The minimum Gasteiger partial charge on any atom is -0.361 e. The smallest absolute Gasteiger partial charge is 0.255 e. The summed E-state index contributed by atoms with van der Waals surface area (Å²) in [4.78, 5) is 8.43. The monoisotopic (exact) mass is 559 g/mol. The minimum atomic E-state index is -4.00. The van der Waals surface area contributed by atoms with Crippen LogP contribution in [0.5, 0.6) is 0 Å². The quantitative estimate of drug-likeness (QED) is 0.235. The van der Waals surface area contributed by atoms with Crippen LogP contribution in [-0.4, -0.2) is 46.1 Å². The maximum absolute atomic E-state index is 12.0. The lowest BCUT2D eigenvalue weighted by atomic mass is 10.0. The van der Waals surface area contributed by atoms with E-state index >= 15 is 0 Å². The van der Waals surface area contributed by atoms with Crippen LogP contribution >= 0.6 is 0 Å². The average molecular weight is 560 g/mol. The molecule has 4 rings (SSSR count). The molecule has 3 aromatic heterocycles. The zero-order chi connectivity index (χ0) is 27.0. The first-order valence-corrected chi connectivity index (χ1v) is 18.2. The Bertz CT molecular complexity index is 1680. The first-order valence-electron chi connectivity index (χ1n) is 11.4. The van der Waals surface area contributed by atoms with Crippen molar-refractivity contribution in [3.63, 3.8) is 0 Å². The maximum atomic E-state index is 12.0. The number of hydrogen-bond acceptors (Lipinski definition) is 7. The molecule has 196 valence electrons. The SMILES string of the molecule is C[Si](C)(C)CCOCn1c(-c2cccc(S(N)(=O)=O)c2)cc2c(-c3ccnc(S(N)(=O)=O)c3)ccnc21. The maximum Gasteiger partial charge on any atom is 0.255 e. The Kier molecular flexibility index (Phi) is 7.38. The predicted octanol–water partition coefficient (Wildman–Crippen LogP) is 3.37. The minimum absolute atomic E-state index is 0.0124. The third-order valence-corrected chi connectivity index (χ3v) is 9.23. The van der Waals surface area contributed by atoms with Gasteiger partial charge in [-0.3, -0.25) is 0 Å². The topological polar surface area (TPSA) is 160 Å². The summed E-state index contributed by atoms with van der Waals surface area (Å²) in [6.45, 7) is 7.57. The molecular weight excluding hydrogens is 531 g/mol. The van der Waals surface area contributed by atoms with Crippen molar-refractivity contribution in [3.8, 4) is 22.4 Å². The molecule has 10 nitrogen and oxygen atoms in total. The number of benzene rings is 1. The van der Waals surface area contributed by atoms with Gasteiger partial charge in [-0.25, -0.2) is 37.1 Å². The summed E-state index contributed by atoms with van der Waals surface area (Å²) in [5.41, 5.74) is 3.18. The van der Waals surface area contributed by atoms with Gasteiger partial charge in [0.1, 0.15) is 12.4 Å². The molecule has 0 unspecified atom stereocenters. The van der Waals surface area contributed by atoms with Crippen molar-refractivity contribution in [3.05, 3.63) is 60.9 Å². The molecule has 0 aliphatic heterocycles. The molecule has 0 atom stereocenters. The zero-order valence-corrected chi connectivity index (χ0v) is 23.4. The molecule has 0 spiro atoms. The molecule has 0 saturated heterocycles. The first-order chi connectivity index (χ1) is 17.2. The normalized spacial score (nSPS) is 12.8. The van der Waals surface area contributed by atoms with Crippen LogP contribution in [-0.2, 0) is 31.5 Å². The van der Waals surface area contributed by atoms with Crippen LogP contribution in [0.4, 0.5) is 0 Å². The lowest BCUT2D eigenvalue weighted by Crippen LogP contribution is -2.22. The Morgan fingerprint density at radius 1 is 0.892 bits per heavy atom. The van der Waals surface area contributed by atoms with Crippen LogP contribution < -0.4 is 10.3 Å². The molecule has 13 heteroatoms. The predicted molar refractivity (Wildman–Crippen MR) is 145 cm³/mol. The fourth-order valence-corrected chi connectivity index (χ4v) is 5.68. The summed E-state index contributed by atoms with van der Waals surface area (Å²) in [5.74, 6) is 0. The molecule has 0 fully saturated rings. The lowest BCUT2D eigenvalue weighted by Gasteiger charge is -2.17. The highest BCUT2D eigenvalue weighted by Crippen LogP contribution is 2.35. The molecule has 3 heterocycles. The molecular formula is C24H29N5O5S2Si. The number of sulfonamides is 2. The molecule has 0 radical (unpaired) electrons. The second kappa shape index (κ2) is 10.1. The Morgan fingerprint density at radius 2 is 1.62 bits per heavy atom. The van der Waals surface area contributed by atoms with Gasteiger partial charge in [0.2, 0.25) is 10.0 Å². The van der Waals surface area contributed by atoms with E-state index in [1.807, 2.05) is 10.6 Å². The zero-order valence-electron chi connectivity index (χ0n) is 20.7. The van der Waals surface area contributed by atoms with Gasteiger partial charge >= 0.3 is 0 Å². The first kappa shape index (κ1) is 27.1. The largest absolute Gasteiger partial charge is 0.361 e. The average Bonchev–Trinajstić information content (AvgIpc) is 3.19. The van der Waals surface area contributed by atoms with Crippen LogP contribution in [0.2, 0.25) is 25.7 Å². The second-order valence-electron chi connectivity index (χ2n) is 9.90. The molecule has 0 bridgehead atoms. The number of aromatic nitrogens is 3. The van der Waals surface area contributed by atoms with E-state index in [0.717, 1.165) is 11.4 Å². The highest BCUT2D eigenvalue weighted by molar-refractivity contribution is 7.89. The van der Waals surface area contributed by atoms with Crippen molar-refractivity contribution in [2.75, 3.05) is 6.61 Å². The number of rotatable bonds is 9. The van der Waals surface area contributed by atoms with Gasteiger partial charge in [-0.2, -0.15) is 0 Å². The molecule has 0 saturated carbocycles. The van der Waals surface area contributed by atoms with Gasteiger partial charge in [-0.1, -0.05) is 31.8 Å². The number of primary sulfonamides is 2. The lowest BCUT2D eigenvalue weighted by molar-refractivity contribution is 0.0909. The summed E-state index contributed by atoms with van der Waals surface area (Å²) in [7, 11) is -9.21. The van der Waals surface area contributed by atoms with Crippen molar-refractivity contribution in [1.29, 1.82) is 0 Å². The summed E-state index contributed by atoms with van der Waals surface area (Å²) >= 11 is 0. The van der Waals surface area contributed by atoms with Crippen molar-refractivity contribution in [2.45, 2.75) is 42.3 Å². The number of pyridine rings is 2. The fraction of sp³-hybridized carbons (Fsp3) is 0.250. The Morgan fingerprint density at radius 3 is 2.30 bits per heavy atom. The van der Waals surface area contributed by atoms with E-state index < -0.39 is 28.1 Å². The summed E-state index contributed by atoms with van der Waals surface area (Å²) < 4.78 is 55.7. The Balaban J connectivity index is 1.88. The molecule has 0 amide bonds. The highest BCUT2D eigenvalue weighted by atomic mass is 32.2. The molecule has 0 aliphatic rings. The van der Waals surface area contributed by atoms with E-state index in [1.54, 1.807) is 30.5 Å². The number of nitrogens with zero attached hydrogens (tertiary/aromatic N) is 3. The van der Waals surface area contributed by atoms with E-state index in [9.17, 15) is 16.8 Å². The van der Waals surface area contributed by atoms with E-state index in [2.05, 4.69) is 29.6 Å². The van der Waals surface area contributed by atoms with E-state index in [-0.39, 0.29) is 16.7 Å². The molecule has 1 aromatic carbocycles. The summed E-state index contributed by atoms with van der Waals surface area (Å²) in [6.07, 6.45) is 3.01. The third kappa shape index (κ3) is 6.31. The second-order valence-corrected chi connectivity index (χ2v) is 18.6.